The third-order valence-corrected chi connectivity index (χ3v) is 6.36. The van der Waals surface area contributed by atoms with Crippen LogP contribution in [-0.2, 0) is 16.2 Å². The molecule has 0 radical (unpaired) electrons. The molecular weight excluding hydrogens is 319 g/mol. The fourth-order valence-electron chi connectivity index (χ4n) is 3.31. The first kappa shape index (κ1) is 15.7. The van der Waals surface area contributed by atoms with Gasteiger partial charge in [0, 0.05) is 25.3 Å². The quantitative estimate of drug-likeness (QED) is 0.888. The molecule has 1 aromatic rings. The number of halogens is 3. The molecule has 0 amide bonds. The van der Waals surface area contributed by atoms with Crippen molar-refractivity contribution in [2.24, 2.45) is 17.6 Å². The number of aromatic nitrogens is 1. The van der Waals surface area contributed by atoms with Crippen LogP contribution in [-0.4, -0.2) is 36.8 Å². The maximum Gasteiger partial charge on any atom is 0.433 e. The van der Waals surface area contributed by atoms with Gasteiger partial charge in [-0.15, -0.1) is 0 Å². The van der Waals surface area contributed by atoms with Gasteiger partial charge >= 0.3 is 6.18 Å². The highest BCUT2D eigenvalue weighted by molar-refractivity contribution is 7.89. The van der Waals surface area contributed by atoms with E-state index in [1.165, 1.54) is 4.31 Å². The van der Waals surface area contributed by atoms with Gasteiger partial charge in [-0.1, -0.05) is 0 Å². The van der Waals surface area contributed by atoms with Crippen LogP contribution in [0.2, 0.25) is 0 Å². The number of sulfonamides is 1. The Labute approximate surface area is 126 Å². The van der Waals surface area contributed by atoms with Crippen molar-refractivity contribution in [3.63, 3.8) is 0 Å². The van der Waals surface area contributed by atoms with Gasteiger partial charge in [0.15, 0.2) is 0 Å². The van der Waals surface area contributed by atoms with E-state index in [9.17, 15) is 21.6 Å². The number of alkyl halides is 3. The van der Waals surface area contributed by atoms with Crippen molar-refractivity contribution in [3.8, 4) is 0 Å². The standard InChI is InChI=1S/C13H16F3N3O2S/c14-13(15,16)12-4-2-9(5-18-12)22(20,21)19-6-8-1-3-11(17)10(8)7-19/h2,4-5,8,10-11H,1,3,6-7,17H2. The molecule has 2 fully saturated rings. The molecule has 1 aliphatic carbocycles. The first-order valence-corrected chi connectivity index (χ1v) is 8.42. The third kappa shape index (κ3) is 2.61. The topological polar surface area (TPSA) is 76.3 Å². The second-order valence-electron chi connectivity index (χ2n) is 5.86. The predicted octanol–water partition coefficient (Wildman–Crippen LogP) is 1.46. The molecule has 122 valence electrons. The summed E-state index contributed by atoms with van der Waals surface area (Å²) in [5.74, 6) is 0.379. The second kappa shape index (κ2) is 5.17. The van der Waals surface area contributed by atoms with E-state index in [1.54, 1.807) is 0 Å². The van der Waals surface area contributed by atoms with Crippen molar-refractivity contribution < 1.29 is 21.6 Å². The lowest BCUT2D eigenvalue weighted by molar-refractivity contribution is -0.141. The van der Waals surface area contributed by atoms with Crippen LogP contribution in [0, 0.1) is 11.8 Å². The number of rotatable bonds is 2. The van der Waals surface area contributed by atoms with Crippen LogP contribution in [0.4, 0.5) is 13.2 Å². The maximum atomic E-state index is 12.5. The zero-order valence-electron chi connectivity index (χ0n) is 11.6. The lowest BCUT2D eigenvalue weighted by Gasteiger charge is -2.18. The SMILES string of the molecule is NC1CCC2CN(S(=O)(=O)c3ccc(C(F)(F)F)nc3)CC12. The minimum atomic E-state index is -4.58. The fraction of sp³-hybridized carbons (Fsp3) is 0.615. The Morgan fingerprint density at radius 3 is 2.50 bits per heavy atom. The summed E-state index contributed by atoms with van der Waals surface area (Å²) in [4.78, 5) is 3.01. The van der Waals surface area contributed by atoms with Gasteiger partial charge in [0.05, 0.1) is 0 Å². The number of nitrogens with zero attached hydrogens (tertiary/aromatic N) is 2. The molecule has 9 heteroatoms. The van der Waals surface area contributed by atoms with E-state index >= 15 is 0 Å². The van der Waals surface area contributed by atoms with E-state index in [0.717, 1.165) is 25.1 Å². The van der Waals surface area contributed by atoms with E-state index in [-0.39, 0.29) is 22.8 Å². The molecule has 3 rings (SSSR count). The highest BCUT2D eigenvalue weighted by atomic mass is 32.2. The lowest BCUT2D eigenvalue weighted by Crippen LogP contribution is -2.33. The van der Waals surface area contributed by atoms with Crippen LogP contribution in [0.15, 0.2) is 23.2 Å². The molecule has 0 aromatic carbocycles. The van der Waals surface area contributed by atoms with Crippen molar-refractivity contribution in [1.82, 2.24) is 9.29 Å². The third-order valence-electron chi connectivity index (χ3n) is 4.54. The van der Waals surface area contributed by atoms with Crippen LogP contribution in [0.1, 0.15) is 18.5 Å². The van der Waals surface area contributed by atoms with Gasteiger partial charge in [0.2, 0.25) is 10.0 Å². The molecular formula is C13H16F3N3O2S. The number of fused-ring (bicyclic) bond motifs is 1. The van der Waals surface area contributed by atoms with Crippen LogP contribution in [0.25, 0.3) is 0 Å². The van der Waals surface area contributed by atoms with Crippen molar-refractivity contribution in [2.75, 3.05) is 13.1 Å². The van der Waals surface area contributed by atoms with Crippen molar-refractivity contribution in [3.05, 3.63) is 24.0 Å². The Morgan fingerprint density at radius 1 is 1.23 bits per heavy atom. The summed E-state index contributed by atoms with van der Waals surface area (Å²) < 4.78 is 63.7. The molecule has 2 aliphatic rings. The van der Waals surface area contributed by atoms with Crippen molar-refractivity contribution in [1.29, 1.82) is 0 Å². The number of hydrogen-bond donors (Lipinski definition) is 1. The summed E-state index contributed by atoms with van der Waals surface area (Å²) in [6.45, 7) is 0.705. The summed E-state index contributed by atoms with van der Waals surface area (Å²) in [5.41, 5.74) is 4.87. The van der Waals surface area contributed by atoms with E-state index < -0.39 is 21.9 Å². The largest absolute Gasteiger partial charge is 0.433 e. The molecule has 3 atom stereocenters. The smallest absolute Gasteiger partial charge is 0.327 e. The van der Waals surface area contributed by atoms with Gasteiger partial charge in [-0.25, -0.2) is 8.42 Å². The maximum absolute atomic E-state index is 12.5. The summed E-state index contributed by atoms with van der Waals surface area (Å²) in [7, 11) is -3.82. The molecule has 0 bridgehead atoms. The van der Waals surface area contributed by atoms with Gasteiger partial charge in [0.25, 0.3) is 0 Å². The van der Waals surface area contributed by atoms with Gasteiger partial charge in [0.1, 0.15) is 10.6 Å². The normalized spacial score (nSPS) is 29.7. The van der Waals surface area contributed by atoms with E-state index in [1.807, 2.05) is 0 Å². The predicted molar refractivity (Wildman–Crippen MR) is 72.2 cm³/mol. The molecule has 22 heavy (non-hydrogen) atoms. The van der Waals surface area contributed by atoms with E-state index in [0.29, 0.717) is 19.2 Å². The van der Waals surface area contributed by atoms with Gasteiger partial charge in [-0.2, -0.15) is 17.5 Å². The summed E-state index contributed by atoms with van der Waals surface area (Å²) in [6.07, 6.45) is -2.03. The molecule has 1 saturated carbocycles. The van der Waals surface area contributed by atoms with Crippen molar-refractivity contribution >= 4 is 10.0 Å². The zero-order chi connectivity index (χ0) is 16.1. The van der Waals surface area contributed by atoms with Gasteiger partial charge in [-0.3, -0.25) is 4.98 Å². The Bertz CT molecular complexity index is 660. The summed E-state index contributed by atoms with van der Waals surface area (Å²) in [6, 6.07) is 1.64. The van der Waals surface area contributed by atoms with Crippen LogP contribution in [0.3, 0.4) is 0 Å². The average Bonchev–Trinajstić information content (AvgIpc) is 3.01. The Hall–Kier alpha value is -1.19. The summed E-state index contributed by atoms with van der Waals surface area (Å²) >= 11 is 0. The minimum Gasteiger partial charge on any atom is -0.327 e. The van der Waals surface area contributed by atoms with Gasteiger partial charge in [-0.05, 0) is 36.8 Å². The second-order valence-corrected chi connectivity index (χ2v) is 7.80. The molecule has 2 N–H and O–H groups in total. The molecule has 1 saturated heterocycles. The number of hydrogen-bond acceptors (Lipinski definition) is 4. The molecule has 0 spiro atoms. The molecule has 1 aromatic heterocycles. The zero-order valence-corrected chi connectivity index (χ0v) is 12.4. The lowest BCUT2D eigenvalue weighted by atomic mass is 9.98. The number of nitrogens with two attached hydrogens (primary N) is 1. The number of pyridine rings is 1. The van der Waals surface area contributed by atoms with Gasteiger partial charge < -0.3 is 5.73 Å². The Balaban J connectivity index is 1.82. The van der Waals surface area contributed by atoms with Crippen LogP contribution < -0.4 is 5.73 Å². The monoisotopic (exact) mass is 335 g/mol. The summed E-state index contributed by atoms with van der Waals surface area (Å²) in [5, 5.41) is 0. The Morgan fingerprint density at radius 2 is 1.95 bits per heavy atom. The molecule has 1 aliphatic heterocycles. The highest BCUT2D eigenvalue weighted by Gasteiger charge is 2.45. The van der Waals surface area contributed by atoms with Crippen molar-refractivity contribution in [2.45, 2.75) is 30.0 Å². The van der Waals surface area contributed by atoms with Crippen LogP contribution in [0.5, 0.6) is 0 Å². The minimum absolute atomic E-state index is 0.00377. The highest BCUT2D eigenvalue weighted by Crippen LogP contribution is 2.39. The Kier molecular flexibility index (Phi) is 3.69. The average molecular weight is 335 g/mol. The molecule has 2 heterocycles. The van der Waals surface area contributed by atoms with E-state index in [4.69, 9.17) is 5.73 Å². The van der Waals surface area contributed by atoms with Crippen LogP contribution >= 0.6 is 0 Å². The molecule has 3 unspecified atom stereocenters. The first-order chi connectivity index (χ1) is 10.2. The van der Waals surface area contributed by atoms with E-state index in [2.05, 4.69) is 4.98 Å². The first-order valence-electron chi connectivity index (χ1n) is 6.98. The fourth-order valence-corrected chi connectivity index (χ4v) is 4.79. The molecule has 5 nitrogen and oxygen atoms in total.